The summed E-state index contributed by atoms with van der Waals surface area (Å²) in [5, 5.41) is 40.0. The van der Waals surface area contributed by atoms with Crippen LogP contribution in [0.3, 0.4) is 0 Å². The zero-order valence-corrected chi connectivity index (χ0v) is 32.5. The van der Waals surface area contributed by atoms with Gasteiger partial charge in [-0.3, -0.25) is 4.79 Å². The van der Waals surface area contributed by atoms with Crippen LogP contribution in [0.4, 0.5) is 0 Å². The predicted octanol–water partition coefficient (Wildman–Crippen LogP) is 8.35. The van der Waals surface area contributed by atoms with Crippen molar-refractivity contribution in [3.63, 3.8) is 0 Å². The molecule has 1 fully saturated rings. The molecule has 6 atom stereocenters. The number of aliphatic hydroxyl groups excluding tert-OH is 4. The van der Waals surface area contributed by atoms with Gasteiger partial charge in [0.1, 0.15) is 30.5 Å². The largest absolute Gasteiger partial charge is 0.457 e. The van der Waals surface area contributed by atoms with Crippen molar-refractivity contribution in [2.24, 2.45) is 0 Å². The highest BCUT2D eigenvalue weighted by Gasteiger charge is 2.44. The third-order valence-corrected chi connectivity index (χ3v) is 8.90. The van der Waals surface area contributed by atoms with E-state index in [-0.39, 0.29) is 19.2 Å². The van der Waals surface area contributed by atoms with Gasteiger partial charge < -0.3 is 39.4 Å². The number of carbonyl (C=O) groups is 1. The number of ether oxygens (including phenoxy) is 4. The fraction of sp³-hybridized carbons (Fsp3) is 0.744. The summed E-state index contributed by atoms with van der Waals surface area (Å²) < 4.78 is 22.7. The van der Waals surface area contributed by atoms with E-state index in [0.29, 0.717) is 13.0 Å². The van der Waals surface area contributed by atoms with Crippen LogP contribution in [0.1, 0.15) is 142 Å². The monoisotopic (exact) mass is 735 g/mol. The minimum atomic E-state index is -1.54. The molecule has 1 heterocycles. The Hall–Kier alpha value is -2.11. The van der Waals surface area contributed by atoms with E-state index in [1.807, 2.05) is 0 Å². The Labute approximate surface area is 315 Å². The molecule has 6 unspecified atom stereocenters. The summed E-state index contributed by atoms with van der Waals surface area (Å²) in [6, 6.07) is 0. The molecule has 4 N–H and O–H groups in total. The first-order valence-electron chi connectivity index (χ1n) is 20.4. The van der Waals surface area contributed by atoms with Gasteiger partial charge in [0.2, 0.25) is 0 Å². The molecule has 0 spiro atoms. The lowest BCUT2D eigenvalue weighted by Crippen LogP contribution is -2.59. The lowest BCUT2D eigenvalue weighted by atomic mass is 9.99. The van der Waals surface area contributed by atoms with E-state index in [9.17, 15) is 25.2 Å². The topological polar surface area (TPSA) is 135 Å². The molecule has 1 aliphatic rings. The first-order chi connectivity index (χ1) is 25.4. The second-order valence-electron chi connectivity index (χ2n) is 13.7. The van der Waals surface area contributed by atoms with Gasteiger partial charge in [0.25, 0.3) is 0 Å². The van der Waals surface area contributed by atoms with E-state index in [2.05, 4.69) is 74.6 Å². The Balaban J connectivity index is 2.33. The molecule has 0 bridgehead atoms. The van der Waals surface area contributed by atoms with Gasteiger partial charge in [-0.2, -0.15) is 0 Å². The van der Waals surface area contributed by atoms with Crippen molar-refractivity contribution < 1.29 is 44.2 Å². The fourth-order valence-corrected chi connectivity index (χ4v) is 5.72. The average molecular weight is 735 g/mol. The molecule has 0 aromatic rings. The molecule has 52 heavy (non-hydrogen) atoms. The van der Waals surface area contributed by atoms with E-state index in [1.165, 1.54) is 25.7 Å². The van der Waals surface area contributed by atoms with E-state index in [0.717, 1.165) is 96.3 Å². The van der Waals surface area contributed by atoms with Crippen LogP contribution in [-0.4, -0.2) is 89.6 Å². The Bertz CT molecular complexity index is 974. The number of hydrogen-bond acceptors (Lipinski definition) is 9. The van der Waals surface area contributed by atoms with Crippen molar-refractivity contribution in [3.8, 4) is 0 Å². The standard InChI is InChI=1S/C43H74O9/c1-3-5-7-9-11-13-15-17-18-19-21-23-25-27-29-31-33-49-35-37(36-50-43-42(48)41(47)40(46)38(34-44)52-43)51-39(45)32-30-28-26-24-22-20-16-14-12-10-8-6-4-2/h5,7-8,10-11,13-14,16-18,37-38,40-44,46-48H,3-4,6,9,12,15,19-36H2,1-2H3/b7-5-,10-8-,13-11-,16-14-,18-17-. The maximum absolute atomic E-state index is 12.7. The first-order valence-corrected chi connectivity index (χ1v) is 20.4. The second-order valence-corrected chi connectivity index (χ2v) is 13.7. The highest BCUT2D eigenvalue weighted by Crippen LogP contribution is 2.22. The lowest BCUT2D eigenvalue weighted by Gasteiger charge is -2.39. The molecule has 0 aromatic heterocycles. The number of hydrogen-bond donors (Lipinski definition) is 4. The van der Waals surface area contributed by atoms with Gasteiger partial charge in [0.15, 0.2) is 6.29 Å². The van der Waals surface area contributed by atoms with Crippen LogP contribution >= 0.6 is 0 Å². The summed E-state index contributed by atoms with van der Waals surface area (Å²) in [5.41, 5.74) is 0. The van der Waals surface area contributed by atoms with E-state index in [1.54, 1.807) is 0 Å². The zero-order valence-electron chi connectivity index (χ0n) is 32.5. The molecule has 1 saturated heterocycles. The highest BCUT2D eigenvalue weighted by atomic mass is 16.7. The lowest BCUT2D eigenvalue weighted by molar-refractivity contribution is -0.305. The van der Waals surface area contributed by atoms with Gasteiger partial charge in [-0.15, -0.1) is 0 Å². The molecular weight excluding hydrogens is 660 g/mol. The number of rotatable bonds is 33. The Morgan fingerprint density at radius 2 is 1.17 bits per heavy atom. The molecule has 1 aliphatic heterocycles. The van der Waals surface area contributed by atoms with Gasteiger partial charge >= 0.3 is 5.97 Å². The van der Waals surface area contributed by atoms with Gasteiger partial charge in [-0.25, -0.2) is 0 Å². The summed E-state index contributed by atoms with van der Waals surface area (Å²) in [4.78, 5) is 12.7. The van der Waals surface area contributed by atoms with Crippen LogP contribution in [0.25, 0.3) is 0 Å². The van der Waals surface area contributed by atoms with Crippen molar-refractivity contribution in [1.29, 1.82) is 0 Å². The van der Waals surface area contributed by atoms with Crippen LogP contribution in [0.15, 0.2) is 60.8 Å². The summed E-state index contributed by atoms with van der Waals surface area (Å²) in [5.74, 6) is -0.337. The molecule has 0 amide bonds. The molecule has 0 radical (unpaired) electrons. The number of unbranched alkanes of at least 4 members (excludes halogenated alkanes) is 12. The molecule has 9 nitrogen and oxygen atoms in total. The number of carbonyl (C=O) groups excluding carboxylic acids is 1. The van der Waals surface area contributed by atoms with Crippen LogP contribution < -0.4 is 0 Å². The summed E-state index contributed by atoms with van der Waals surface area (Å²) in [7, 11) is 0. The maximum atomic E-state index is 12.7. The minimum Gasteiger partial charge on any atom is -0.457 e. The molecule has 0 aliphatic carbocycles. The zero-order chi connectivity index (χ0) is 37.9. The maximum Gasteiger partial charge on any atom is 0.306 e. The van der Waals surface area contributed by atoms with Crippen LogP contribution in [0.2, 0.25) is 0 Å². The Morgan fingerprint density at radius 1 is 0.635 bits per heavy atom. The first kappa shape index (κ1) is 47.9. The van der Waals surface area contributed by atoms with Crippen molar-refractivity contribution in [3.05, 3.63) is 60.8 Å². The van der Waals surface area contributed by atoms with Gasteiger partial charge in [-0.05, 0) is 70.6 Å². The minimum absolute atomic E-state index is 0.127. The molecule has 1 rings (SSSR count). The third-order valence-electron chi connectivity index (χ3n) is 8.90. The summed E-state index contributed by atoms with van der Waals surface area (Å²) in [6.07, 6.45) is 35.3. The quantitative estimate of drug-likeness (QED) is 0.0298. The van der Waals surface area contributed by atoms with Crippen LogP contribution in [-0.2, 0) is 23.7 Å². The van der Waals surface area contributed by atoms with Gasteiger partial charge in [0, 0.05) is 13.0 Å². The van der Waals surface area contributed by atoms with Crippen molar-refractivity contribution in [2.45, 2.75) is 179 Å². The normalized spacial score (nSPS) is 21.8. The molecule has 300 valence electrons. The SMILES string of the molecule is CC/C=C\C/C=C\C/C=C\CCCCCCCCOCC(COC1OC(CO)C(O)C(O)C1O)OC(=O)CCCCCCC/C=C\C/C=C\CCC. The highest BCUT2D eigenvalue weighted by molar-refractivity contribution is 5.69. The fourth-order valence-electron chi connectivity index (χ4n) is 5.72. The van der Waals surface area contributed by atoms with E-state index < -0.39 is 43.4 Å². The van der Waals surface area contributed by atoms with Gasteiger partial charge in [-0.1, -0.05) is 126 Å². The number of esters is 1. The van der Waals surface area contributed by atoms with Crippen LogP contribution in [0.5, 0.6) is 0 Å². The average Bonchev–Trinajstić information content (AvgIpc) is 3.14. The summed E-state index contributed by atoms with van der Waals surface area (Å²) in [6.45, 7) is 4.31. The van der Waals surface area contributed by atoms with Gasteiger partial charge in [0.05, 0.1) is 19.8 Å². The van der Waals surface area contributed by atoms with Crippen molar-refractivity contribution in [2.75, 3.05) is 26.4 Å². The third kappa shape index (κ3) is 25.8. The van der Waals surface area contributed by atoms with E-state index >= 15 is 0 Å². The smallest absolute Gasteiger partial charge is 0.306 e. The van der Waals surface area contributed by atoms with E-state index in [4.69, 9.17) is 18.9 Å². The molecular formula is C43H74O9. The van der Waals surface area contributed by atoms with Crippen LogP contribution in [0, 0.1) is 0 Å². The summed E-state index contributed by atoms with van der Waals surface area (Å²) >= 11 is 0. The van der Waals surface area contributed by atoms with Crippen molar-refractivity contribution >= 4 is 5.97 Å². The predicted molar refractivity (Wildman–Crippen MR) is 210 cm³/mol. The number of allylic oxidation sites excluding steroid dienone is 10. The molecule has 0 aromatic carbocycles. The second kappa shape index (κ2) is 34.6. The molecule has 9 heteroatoms. The Morgan fingerprint density at radius 3 is 1.77 bits per heavy atom. The number of aliphatic hydroxyl groups is 4. The molecule has 0 saturated carbocycles. The van der Waals surface area contributed by atoms with Crippen molar-refractivity contribution in [1.82, 2.24) is 0 Å². The Kier molecular flexibility index (Phi) is 31.9.